The van der Waals surface area contributed by atoms with Gasteiger partial charge in [-0.05, 0) is 56.5 Å². The van der Waals surface area contributed by atoms with Gasteiger partial charge in [0, 0.05) is 42.0 Å². The Morgan fingerprint density at radius 3 is 2.74 bits per heavy atom. The molecule has 1 aliphatic heterocycles. The molecule has 0 spiro atoms. The first kappa shape index (κ1) is 22.3. The second-order valence-corrected chi connectivity index (χ2v) is 8.73. The Bertz CT molecular complexity index is 1250. The van der Waals surface area contributed by atoms with Gasteiger partial charge in [0.2, 0.25) is 0 Å². The van der Waals surface area contributed by atoms with Gasteiger partial charge in [-0.2, -0.15) is 9.61 Å². The second kappa shape index (κ2) is 10.2. The average molecular weight is 460 g/mol. The van der Waals surface area contributed by atoms with Crippen molar-refractivity contribution >= 4 is 17.3 Å². The highest BCUT2D eigenvalue weighted by molar-refractivity contribution is 5.61. The minimum absolute atomic E-state index is 0.264. The lowest BCUT2D eigenvalue weighted by atomic mass is 9.98. The molecule has 1 fully saturated rings. The van der Waals surface area contributed by atoms with E-state index in [9.17, 15) is 4.39 Å². The zero-order valence-corrected chi connectivity index (χ0v) is 19.4. The van der Waals surface area contributed by atoms with Gasteiger partial charge in [-0.15, -0.1) is 0 Å². The number of hydrogen-bond acceptors (Lipinski definition) is 6. The van der Waals surface area contributed by atoms with Gasteiger partial charge in [-0.25, -0.2) is 9.37 Å². The summed E-state index contributed by atoms with van der Waals surface area (Å²) >= 11 is 0. The predicted octanol–water partition coefficient (Wildman–Crippen LogP) is 4.52. The highest BCUT2D eigenvalue weighted by atomic mass is 19.1. The number of nitrogens with zero attached hydrogens (tertiary/aromatic N) is 4. The number of hydrogen-bond donors (Lipinski definition) is 3. The van der Waals surface area contributed by atoms with Crippen molar-refractivity contribution in [2.24, 2.45) is 5.92 Å². The molecule has 0 saturated carbocycles. The first-order valence-electron chi connectivity index (χ1n) is 12.0. The van der Waals surface area contributed by atoms with Crippen LogP contribution in [0.4, 0.5) is 16.0 Å². The van der Waals surface area contributed by atoms with Gasteiger partial charge in [0.25, 0.3) is 0 Å². The third kappa shape index (κ3) is 4.87. The van der Waals surface area contributed by atoms with Gasteiger partial charge in [0.05, 0.1) is 11.9 Å². The fraction of sp³-hybridized carbons (Fsp3) is 0.346. The van der Waals surface area contributed by atoms with Crippen molar-refractivity contribution in [3.05, 3.63) is 71.8 Å². The summed E-state index contributed by atoms with van der Waals surface area (Å²) in [6.07, 6.45) is 6.74. The zero-order chi connectivity index (χ0) is 23.3. The van der Waals surface area contributed by atoms with Gasteiger partial charge in [-0.3, -0.25) is 4.98 Å². The van der Waals surface area contributed by atoms with Gasteiger partial charge >= 0.3 is 0 Å². The average Bonchev–Trinajstić information content (AvgIpc) is 3.31. The summed E-state index contributed by atoms with van der Waals surface area (Å²) < 4.78 is 16.7. The number of piperidine rings is 1. The maximum Gasteiger partial charge on any atom is 0.162 e. The molecular weight excluding hydrogens is 429 g/mol. The molecule has 1 saturated heterocycles. The summed E-state index contributed by atoms with van der Waals surface area (Å²) in [5.41, 5.74) is 4.00. The molecule has 1 aliphatic rings. The van der Waals surface area contributed by atoms with Gasteiger partial charge in [-0.1, -0.05) is 25.1 Å². The number of rotatable bonds is 8. The van der Waals surface area contributed by atoms with E-state index in [0.717, 1.165) is 60.2 Å². The molecule has 4 aromatic rings. The van der Waals surface area contributed by atoms with Crippen molar-refractivity contribution < 1.29 is 4.39 Å². The summed E-state index contributed by atoms with van der Waals surface area (Å²) in [6.45, 7) is 5.46. The van der Waals surface area contributed by atoms with Gasteiger partial charge in [0.15, 0.2) is 5.65 Å². The van der Waals surface area contributed by atoms with Crippen molar-refractivity contribution in [3.8, 4) is 11.3 Å². The first-order valence-corrected chi connectivity index (χ1v) is 12.0. The number of fused-ring (bicyclic) bond motifs is 1. The molecule has 4 heterocycles. The smallest absolute Gasteiger partial charge is 0.162 e. The Balaban J connectivity index is 1.35. The van der Waals surface area contributed by atoms with Crippen molar-refractivity contribution in [2.45, 2.75) is 32.7 Å². The Morgan fingerprint density at radius 1 is 1.09 bits per heavy atom. The van der Waals surface area contributed by atoms with E-state index in [1.807, 2.05) is 42.6 Å². The molecule has 0 amide bonds. The lowest BCUT2D eigenvalue weighted by Crippen LogP contribution is -2.31. The summed E-state index contributed by atoms with van der Waals surface area (Å²) in [6, 6.07) is 12.8. The quantitative estimate of drug-likeness (QED) is 0.360. The van der Waals surface area contributed by atoms with E-state index in [2.05, 4.69) is 33.0 Å². The van der Waals surface area contributed by atoms with Crippen LogP contribution in [0.3, 0.4) is 0 Å². The third-order valence-electron chi connectivity index (χ3n) is 6.43. The maximum atomic E-state index is 14.9. The molecule has 34 heavy (non-hydrogen) atoms. The monoisotopic (exact) mass is 459 g/mol. The van der Waals surface area contributed by atoms with Crippen LogP contribution < -0.4 is 16.0 Å². The van der Waals surface area contributed by atoms with Crippen LogP contribution >= 0.6 is 0 Å². The van der Waals surface area contributed by atoms with Crippen LogP contribution in [0, 0.1) is 11.7 Å². The standard InChI is InChI=1S/C26H30FN7/c1-2-19-17-32-34-25(14-24(33-26(19)34)30-15-18-8-11-28-12-9-18)31-16-21-7-6-20(13-22(21)27)23-5-3-4-10-29-23/h3-7,10,13-14,17-18,28,31H,2,8-9,11-12,15-16H2,1H3,(H,30,33). The molecule has 5 rings (SSSR count). The second-order valence-electron chi connectivity index (χ2n) is 8.73. The summed E-state index contributed by atoms with van der Waals surface area (Å²) in [7, 11) is 0. The Labute approximate surface area is 198 Å². The van der Waals surface area contributed by atoms with Crippen molar-refractivity contribution in [1.29, 1.82) is 0 Å². The number of anilines is 2. The summed E-state index contributed by atoms with van der Waals surface area (Å²) in [5, 5.41) is 14.8. The number of benzene rings is 1. The number of halogens is 1. The number of aryl methyl sites for hydroxylation is 1. The third-order valence-corrected chi connectivity index (χ3v) is 6.43. The molecule has 8 heteroatoms. The molecule has 0 aliphatic carbocycles. The molecular formula is C26H30FN7. The minimum Gasteiger partial charge on any atom is -0.370 e. The van der Waals surface area contributed by atoms with Crippen LogP contribution in [-0.4, -0.2) is 39.2 Å². The lowest BCUT2D eigenvalue weighted by Gasteiger charge is -2.23. The van der Waals surface area contributed by atoms with E-state index in [-0.39, 0.29) is 5.82 Å². The van der Waals surface area contributed by atoms with E-state index in [1.165, 1.54) is 18.9 Å². The molecule has 3 aromatic heterocycles. The van der Waals surface area contributed by atoms with Gasteiger partial charge in [0.1, 0.15) is 17.5 Å². The van der Waals surface area contributed by atoms with E-state index in [1.54, 1.807) is 10.7 Å². The van der Waals surface area contributed by atoms with Crippen LogP contribution in [0.1, 0.15) is 30.9 Å². The number of nitrogens with one attached hydrogen (secondary N) is 3. The fourth-order valence-corrected chi connectivity index (χ4v) is 4.38. The normalized spacial score (nSPS) is 14.4. The Morgan fingerprint density at radius 2 is 1.97 bits per heavy atom. The van der Waals surface area contributed by atoms with E-state index >= 15 is 0 Å². The van der Waals surface area contributed by atoms with Crippen LogP contribution in [0.25, 0.3) is 16.9 Å². The molecule has 0 radical (unpaired) electrons. The van der Waals surface area contributed by atoms with Crippen molar-refractivity contribution in [3.63, 3.8) is 0 Å². The summed E-state index contributed by atoms with van der Waals surface area (Å²) in [5.74, 6) is 1.97. The molecule has 3 N–H and O–H groups in total. The molecule has 176 valence electrons. The lowest BCUT2D eigenvalue weighted by molar-refractivity contribution is 0.389. The van der Waals surface area contributed by atoms with Crippen LogP contribution in [0.15, 0.2) is 54.9 Å². The van der Waals surface area contributed by atoms with Crippen LogP contribution in [0.5, 0.6) is 0 Å². The number of aromatic nitrogens is 4. The Kier molecular flexibility index (Phi) is 6.67. The van der Waals surface area contributed by atoms with E-state index < -0.39 is 0 Å². The predicted molar refractivity (Wildman–Crippen MR) is 133 cm³/mol. The largest absolute Gasteiger partial charge is 0.370 e. The summed E-state index contributed by atoms with van der Waals surface area (Å²) in [4.78, 5) is 9.13. The molecule has 0 unspecified atom stereocenters. The number of pyridine rings is 1. The highest BCUT2D eigenvalue weighted by Crippen LogP contribution is 2.23. The minimum atomic E-state index is -0.264. The van der Waals surface area contributed by atoms with Gasteiger partial charge < -0.3 is 16.0 Å². The SMILES string of the molecule is CCc1cnn2c(NCc3ccc(-c4ccccn4)cc3F)cc(NCC3CCNCC3)nc12. The van der Waals surface area contributed by atoms with Crippen molar-refractivity contribution in [1.82, 2.24) is 24.9 Å². The Hall–Kier alpha value is -3.52. The fourth-order valence-electron chi connectivity index (χ4n) is 4.38. The van der Waals surface area contributed by atoms with Crippen LogP contribution in [0.2, 0.25) is 0 Å². The highest BCUT2D eigenvalue weighted by Gasteiger charge is 2.15. The first-order chi connectivity index (χ1) is 16.7. The topological polar surface area (TPSA) is 79.2 Å². The molecule has 0 bridgehead atoms. The van der Waals surface area contributed by atoms with Crippen LogP contribution in [-0.2, 0) is 13.0 Å². The van der Waals surface area contributed by atoms with E-state index in [4.69, 9.17) is 4.98 Å². The molecule has 1 aromatic carbocycles. The zero-order valence-electron chi connectivity index (χ0n) is 19.4. The van der Waals surface area contributed by atoms with Crippen molar-refractivity contribution in [2.75, 3.05) is 30.3 Å². The molecule has 7 nitrogen and oxygen atoms in total. The molecule has 0 atom stereocenters. The van der Waals surface area contributed by atoms with E-state index in [0.29, 0.717) is 18.0 Å². The maximum absolute atomic E-state index is 14.9.